The van der Waals surface area contributed by atoms with Crippen LogP contribution in [-0.2, 0) is 7.05 Å². The molecule has 0 radical (unpaired) electrons. The van der Waals surface area contributed by atoms with Crippen LogP contribution in [-0.4, -0.2) is 58.3 Å². The average molecular weight is 277 g/mol. The Morgan fingerprint density at radius 3 is 2.70 bits per heavy atom. The molecule has 2 atom stereocenters. The predicted molar refractivity (Wildman–Crippen MR) is 80.5 cm³/mol. The summed E-state index contributed by atoms with van der Waals surface area (Å²) in [6.45, 7) is 7.72. The van der Waals surface area contributed by atoms with Crippen LogP contribution in [0.15, 0.2) is 6.20 Å². The maximum Gasteiger partial charge on any atom is 0.0540 e. The zero-order valence-corrected chi connectivity index (χ0v) is 12.8. The van der Waals surface area contributed by atoms with Gasteiger partial charge in [-0.1, -0.05) is 0 Å². The van der Waals surface area contributed by atoms with Crippen molar-refractivity contribution in [3.63, 3.8) is 0 Å². The molecule has 2 aliphatic heterocycles. The maximum absolute atomic E-state index is 6.07. The summed E-state index contributed by atoms with van der Waals surface area (Å²) in [7, 11) is 2.00. The lowest BCUT2D eigenvalue weighted by atomic mass is 10.1. The molecule has 112 valence electrons. The van der Waals surface area contributed by atoms with E-state index < -0.39 is 0 Å². The van der Waals surface area contributed by atoms with Gasteiger partial charge in [0.25, 0.3) is 0 Å². The molecule has 5 nitrogen and oxygen atoms in total. The highest BCUT2D eigenvalue weighted by molar-refractivity contribution is 5.21. The zero-order valence-electron chi connectivity index (χ0n) is 12.8. The maximum atomic E-state index is 6.07. The molecule has 0 saturated carbocycles. The summed E-state index contributed by atoms with van der Waals surface area (Å²) < 4.78 is 1.95. The van der Waals surface area contributed by atoms with Crippen molar-refractivity contribution in [1.29, 1.82) is 0 Å². The molecule has 0 aromatic carbocycles. The fourth-order valence-electron chi connectivity index (χ4n) is 3.77. The molecule has 2 unspecified atom stereocenters. The van der Waals surface area contributed by atoms with E-state index in [1.165, 1.54) is 43.6 Å². The molecule has 3 rings (SSSR count). The van der Waals surface area contributed by atoms with Crippen molar-refractivity contribution in [3.8, 4) is 0 Å². The van der Waals surface area contributed by atoms with Crippen LogP contribution < -0.4 is 5.73 Å². The molecule has 1 aromatic heterocycles. The van der Waals surface area contributed by atoms with Crippen LogP contribution in [0, 0.1) is 6.92 Å². The Hall–Kier alpha value is -0.910. The standard InChI is InChI=1S/C15H27N5/c1-12-14(10-17-18(12)2)15(9-16)20-8-5-13(11-20)19-6-3-4-7-19/h10,13,15H,3-9,11,16H2,1-2H3. The molecule has 2 saturated heterocycles. The van der Waals surface area contributed by atoms with Crippen LogP contribution in [0.4, 0.5) is 0 Å². The third kappa shape index (κ3) is 2.50. The van der Waals surface area contributed by atoms with E-state index in [-0.39, 0.29) is 0 Å². The fraction of sp³-hybridized carbons (Fsp3) is 0.800. The van der Waals surface area contributed by atoms with Gasteiger partial charge in [-0.05, 0) is 39.3 Å². The van der Waals surface area contributed by atoms with Gasteiger partial charge in [-0.25, -0.2) is 0 Å². The molecular weight excluding hydrogens is 250 g/mol. The minimum absolute atomic E-state index is 0.330. The molecule has 2 N–H and O–H groups in total. The fourth-order valence-corrected chi connectivity index (χ4v) is 3.77. The summed E-state index contributed by atoms with van der Waals surface area (Å²) in [5.41, 5.74) is 8.61. The van der Waals surface area contributed by atoms with Gasteiger partial charge < -0.3 is 5.73 Å². The van der Waals surface area contributed by atoms with E-state index in [9.17, 15) is 0 Å². The van der Waals surface area contributed by atoms with Crippen molar-refractivity contribution in [2.45, 2.75) is 38.3 Å². The number of aryl methyl sites for hydroxylation is 1. The molecule has 5 heteroatoms. The Balaban J connectivity index is 1.70. The molecule has 0 amide bonds. The highest BCUT2D eigenvalue weighted by Crippen LogP contribution is 2.29. The van der Waals surface area contributed by atoms with Gasteiger partial charge in [0.1, 0.15) is 0 Å². The number of aromatic nitrogens is 2. The largest absolute Gasteiger partial charge is 0.329 e. The minimum Gasteiger partial charge on any atom is -0.329 e. The third-order valence-electron chi connectivity index (χ3n) is 5.15. The number of hydrogen-bond donors (Lipinski definition) is 1. The topological polar surface area (TPSA) is 50.3 Å². The van der Waals surface area contributed by atoms with Crippen molar-refractivity contribution in [1.82, 2.24) is 19.6 Å². The van der Waals surface area contributed by atoms with Gasteiger partial charge in [0.05, 0.1) is 12.2 Å². The lowest BCUT2D eigenvalue weighted by Crippen LogP contribution is -2.38. The second kappa shape index (κ2) is 5.84. The van der Waals surface area contributed by atoms with E-state index in [1.54, 1.807) is 0 Å². The summed E-state index contributed by atoms with van der Waals surface area (Å²) in [4.78, 5) is 5.23. The Labute approximate surface area is 121 Å². The normalized spacial score (nSPS) is 26.4. The van der Waals surface area contributed by atoms with Crippen molar-refractivity contribution in [2.24, 2.45) is 12.8 Å². The Kier molecular flexibility index (Phi) is 4.10. The molecular formula is C15H27N5. The van der Waals surface area contributed by atoms with Crippen LogP contribution in [0.25, 0.3) is 0 Å². The van der Waals surface area contributed by atoms with Crippen molar-refractivity contribution in [2.75, 3.05) is 32.7 Å². The van der Waals surface area contributed by atoms with Crippen LogP contribution in [0.3, 0.4) is 0 Å². The van der Waals surface area contributed by atoms with Crippen molar-refractivity contribution in [3.05, 3.63) is 17.5 Å². The van der Waals surface area contributed by atoms with Crippen LogP contribution >= 0.6 is 0 Å². The lowest BCUT2D eigenvalue weighted by molar-refractivity contribution is 0.202. The Morgan fingerprint density at radius 1 is 1.35 bits per heavy atom. The summed E-state index contributed by atoms with van der Waals surface area (Å²) in [5.74, 6) is 0. The Morgan fingerprint density at radius 2 is 2.10 bits per heavy atom. The Bertz CT molecular complexity index is 449. The quantitative estimate of drug-likeness (QED) is 0.888. The summed E-state index contributed by atoms with van der Waals surface area (Å²) in [5, 5.41) is 4.38. The van der Waals surface area contributed by atoms with E-state index in [1.807, 2.05) is 17.9 Å². The monoisotopic (exact) mass is 277 g/mol. The number of nitrogens with two attached hydrogens (primary N) is 1. The molecule has 0 aliphatic carbocycles. The average Bonchev–Trinajstić information content (AvgIpc) is 3.16. The van der Waals surface area contributed by atoms with Gasteiger partial charge in [-0.2, -0.15) is 5.10 Å². The molecule has 3 heterocycles. The van der Waals surface area contributed by atoms with E-state index in [4.69, 9.17) is 5.73 Å². The first-order chi connectivity index (χ1) is 9.70. The van der Waals surface area contributed by atoms with E-state index in [2.05, 4.69) is 21.8 Å². The summed E-state index contributed by atoms with van der Waals surface area (Å²) in [6.07, 6.45) is 6.03. The second-order valence-electron chi connectivity index (χ2n) is 6.24. The number of hydrogen-bond acceptors (Lipinski definition) is 4. The second-order valence-corrected chi connectivity index (χ2v) is 6.24. The van der Waals surface area contributed by atoms with Crippen LogP contribution in [0.5, 0.6) is 0 Å². The first kappa shape index (κ1) is 14.0. The highest BCUT2D eigenvalue weighted by Gasteiger charge is 2.33. The molecule has 2 aliphatic rings. The van der Waals surface area contributed by atoms with Gasteiger partial charge >= 0.3 is 0 Å². The van der Waals surface area contributed by atoms with E-state index in [0.717, 1.165) is 19.1 Å². The summed E-state index contributed by atoms with van der Waals surface area (Å²) >= 11 is 0. The molecule has 2 fully saturated rings. The van der Waals surface area contributed by atoms with Crippen LogP contribution in [0.2, 0.25) is 0 Å². The molecule has 1 aromatic rings. The van der Waals surface area contributed by atoms with Gasteiger partial charge in [-0.15, -0.1) is 0 Å². The zero-order chi connectivity index (χ0) is 14.1. The smallest absolute Gasteiger partial charge is 0.0540 e. The van der Waals surface area contributed by atoms with Gasteiger partial charge in [0, 0.05) is 44.0 Å². The lowest BCUT2D eigenvalue weighted by Gasteiger charge is -2.28. The van der Waals surface area contributed by atoms with E-state index in [0.29, 0.717) is 12.6 Å². The highest BCUT2D eigenvalue weighted by atomic mass is 15.3. The predicted octanol–water partition coefficient (Wildman–Crippen LogP) is 0.898. The summed E-state index contributed by atoms with van der Waals surface area (Å²) in [6, 6.07) is 1.07. The third-order valence-corrected chi connectivity index (χ3v) is 5.15. The first-order valence-electron chi connectivity index (χ1n) is 7.87. The van der Waals surface area contributed by atoms with Crippen molar-refractivity contribution >= 4 is 0 Å². The minimum atomic E-state index is 0.330. The van der Waals surface area contributed by atoms with Crippen LogP contribution in [0.1, 0.15) is 36.6 Å². The SMILES string of the molecule is Cc1c(C(CN)N2CCC(N3CCCC3)C2)cnn1C. The number of rotatable bonds is 4. The molecule has 20 heavy (non-hydrogen) atoms. The molecule has 0 bridgehead atoms. The molecule has 0 spiro atoms. The van der Waals surface area contributed by atoms with Crippen molar-refractivity contribution < 1.29 is 0 Å². The van der Waals surface area contributed by atoms with Gasteiger partial charge in [0.15, 0.2) is 0 Å². The van der Waals surface area contributed by atoms with Gasteiger partial charge in [0.2, 0.25) is 0 Å². The first-order valence-corrected chi connectivity index (χ1v) is 7.87. The van der Waals surface area contributed by atoms with Gasteiger partial charge in [-0.3, -0.25) is 14.5 Å². The van der Waals surface area contributed by atoms with E-state index >= 15 is 0 Å². The number of likely N-dealkylation sites (tertiary alicyclic amines) is 2. The number of nitrogens with zero attached hydrogens (tertiary/aromatic N) is 4.